The van der Waals surface area contributed by atoms with Gasteiger partial charge in [0.15, 0.2) is 0 Å². The minimum atomic E-state index is -1.07. The molecule has 1 fully saturated rings. The Morgan fingerprint density at radius 2 is 1.90 bits per heavy atom. The molecule has 0 saturated carbocycles. The number of epoxide rings is 1. The lowest BCUT2D eigenvalue weighted by atomic mass is 9.97. The number of carbonyl (C=O) groups excluding carboxylic acids is 1. The molecule has 2 atom stereocenters. The molecule has 30 heavy (non-hydrogen) atoms. The number of amides is 1. The standard InChI is InChI=1S/C12H16O.C10H14.C4H9NO2/c1-10(8-12-9-13-12)7-11-5-3-2-4-6-11;1-3-6-10-8-5-7-9(10)4-2;1-4(2,7)5-3-6/h2-6,10,12H,7-9H2,1H3;3-4,6H,2,5,7-8H2,1H3;3,7H,1-2H3,(H,5,6)/b;6-3-;. The van der Waals surface area contributed by atoms with Gasteiger partial charge in [0.05, 0.1) is 12.7 Å². The maximum atomic E-state index is 9.55. The van der Waals surface area contributed by atoms with Crippen molar-refractivity contribution >= 4 is 6.41 Å². The molecule has 0 radical (unpaired) electrons. The highest BCUT2D eigenvalue weighted by molar-refractivity contribution is 5.46. The summed E-state index contributed by atoms with van der Waals surface area (Å²) in [5.41, 5.74) is 3.30. The van der Waals surface area contributed by atoms with Crippen LogP contribution in [0.2, 0.25) is 0 Å². The normalized spacial score (nSPS) is 18.6. The second kappa shape index (κ2) is 13.9. The molecule has 1 saturated heterocycles. The predicted octanol–water partition coefficient (Wildman–Crippen LogP) is 5.34. The van der Waals surface area contributed by atoms with Crippen LogP contribution in [0, 0.1) is 5.92 Å². The van der Waals surface area contributed by atoms with Crippen LogP contribution in [-0.4, -0.2) is 30.0 Å². The Morgan fingerprint density at radius 1 is 1.27 bits per heavy atom. The van der Waals surface area contributed by atoms with Crippen molar-refractivity contribution in [2.45, 2.75) is 71.6 Å². The largest absolute Gasteiger partial charge is 0.373 e. The second-order valence-corrected chi connectivity index (χ2v) is 8.42. The molecule has 1 aromatic carbocycles. The van der Waals surface area contributed by atoms with Gasteiger partial charge in [-0.15, -0.1) is 0 Å². The zero-order chi connectivity index (χ0) is 22.4. The number of carbonyl (C=O) groups is 1. The van der Waals surface area contributed by atoms with E-state index in [0.717, 1.165) is 12.5 Å². The fourth-order valence-corrected chi connectivity index (χ4v) is 3.31. The van der Waals surface area contributed by atoms with Gasteiger partial charge >= 0.3 is 0 Å². The molecule has 3 rings (SSSR count). The van der Waals surface area contributed by atoms with Crippen LogP contribution in [0.1, 0.15) is 58.9 Å². The van der Waals surface area contributed by atoms with E-state index in [0.29, 0.717) is 12.5 Å². The first-order chi connectivity index (χ1) is 14.3. The van der Waals surface area contributed by atoms with Gasteiger partial charge in [-0.2, -0.15) is 0 Å². The van der Waals surface area contributed by atoms with Gasteiger partial charge in [0.1, 0.15) is 5.72 Å². The maximum absolute atomic E-state index is 9.55. The third kappa shape index (κ3) is 12.4. The van der Waals surface area contributed by atoms with Crippen molar-refractivity contribution in [2.24, 2.45) is 5.92 Å². The third-order valence-electron chi connectivity index (χ3n) is 4.83. The minimum Gasteiger partial charge on any atom is -0.373 e. The number of rotatable bonds is 8. The summed E-state index contributed by atoms with van der Waals surface area (Å²) in [5, 5.41) is 10.8. The Kier molecular flexibility index (Phi) is 12.0. The summed E-state index contributed by atoms with van der Waals surface area (Å²) in [6.45, 7) is 12.1. The van der Waals surface area contributed by atoms with Crippen molar-refractivity contribution in [2.75, 3.05) is 6.61 Å². The summed E-state index contributed by atoms with van der Waals surface area (Å²) in [5.74, 6) is 0.745. The first-order valence-corrected chi connectivity index (χ1v) is 10.9. The van der Waals surface area contributed by atoms with E-state index in [1.54, 1.807) is 0 Å². The maximum Gasteiger partial charge on any atom is 0.209 e. The highest BCUT2D eigenvalue weighted by Gasteiger charge is 2.24. The number of benzene rings is 1. The summed E-state index contributed by atoms with van der Waals surface area (Å²) < 4.78 is 5.22. The Balaban J connectivity index is 0.000000238. The molecule has 2 aliphatic rings. The molecule has 4 heteroatoms. The summed E-state index contributed by atoms with van der Waals surface area (Å²) >= 11 is 0. The smallest absolute Gasteiger partial charge is 0.209 e. The number of nitrogens with one attached hydrogen (secondary N) is 1. The first-order valence-electron chi connectivity index (χ1n) is 10.9. The average molecular weight is 414 g/mol. The molecule has 2 unspecified atom stereocenters. The van der Waals surface area contributed by atoms with Crippen LogP contribution in [0.3, 0.4) is 0 Å². The van der Waals surface area contributed by atoms with Crippen LogP contribution in [0.15, 0.2) is 66.3 Å². The summed E-state index contributed by atoms with van der Waals surface area (Å²) in [6.07, 6.45) is 13.5. The topological polar surface area (TPSA) is 61.9 Å². The minimum absolute atomic E-state index is 0.458. The molecule has 1 amide bonds. The van der Waals surface area contributed by atoms with E-state index in [4.69, 9.17) is 9.84 Å². The van der Waals surface area contributed by atoms with Crippen molar-refractivity contribution in [1.82, 2.24) is 5.32 Å². The molecule has 0 aromatic heterocycles. The van der Waals surface area contributed by atoms with Crippen LogP contribution < -0.4 is 5.32 Å². The lowest BCUT2D eigenvalue weighted by Crippen LogP contribution is -2.37. The summed E-state index contributed by atoms with van der Waals surface area (Å²) in [4.78, 5) is 9.55. The highest BCUT2D eigenvalue weighted by Crippen LogP contribution is 2.27. The zero-order valence-corrected chi connectivity index (χ0v) is 19.1. The van der Waals surface area contributed by atoms with Crippen molar-refractivity contribution < 1.29 is 14.6 Å². The third-order valence-corrected chi connectivity index (χ3v) is 4.83. The zero-order valence-electron chi connectivity index (χ0n) is 19.1. The van der Waals surface area contributed by atoms with E-state index in [1.165, 1.54) is 62.7 Å². The fourth-order valence-electron chi connectivity index (χ4n) is 3.31. The van der Waals surface area contributed by atoms with Crippen molar-refractivity contribution in [3.63, 3.8) is 0 Å². The Hall–Kier alpha value is -2.17. The van der Waals surface area contributed by atoms with Gasteiger partial charge in [-0.25, -0.2) is 0 Å². The van der Waals surface area contributed by atoms with Gasteiger partial charge in [-0.3, -0.25) is 4.79 Å². The molecule has 166 valence electrons. The van der Waals surface area contributed by atoms with E-state index in [-0.39, 0.29) is 0 Å². The summed E-state index contributed by atoms with van der Waals surface area (Å²) in [6, 6.07) is 10.7. The van der Waals surface area contributed by atoms with Crippen molar-refractivity contribution in [1.29, 1.82) is 0 Å². The molecular weight excluding hydrogens is 374 g/mol. The predicted molar refractivity (Wildman–Crippen MR) is 125 cm³/mol. The van der Waals surface area contributed by atoms with Gasteiger partial charge in [0.25, 0.3) is 0 Å². The lowest BCUT2D eigenvalue weighted by molar-refractivity contribution is -0.114. The van der Waals surface area contributed by atoms with Gasteiger partial charge < -0.3 is 15.2 Å². The molecule has 1 aliphatic heterocycles. The van der Waals surface area contributed by atoms with Crippen LogP contribution in [-0.2, 0) is 16.0 Å². The molecule has 1 heterocycles. The van der Waals surface area contributed by atoms with E-state index in [9.17, 15) is 4.79 Å². The van der Waals surface area contributed by atoms with Gasteiger partial charge in [0, 0.05) is 0 Å². The van der Waals surface area contributed by atoms with Crippen LogP contribution in [0.25, 0.3) is 0 Å². The first kappa shape index (κ1) is 25.9. The van der Waals surface area contributed by atoms with Crippen LogP contribution >= 0.6 is 0 Å². The Bertz CT molecular complexity index is 682. The van der Waals surface area contributed by atoms with Crippen molar-refractivity contribution in [3.05, 3.63) is 71.8 Å². The number of allylic oxidation sites excluding steroid dienone is 5. The Morgan fingerprint density at radius 3 is 2.37 bits per heavy atom. The van der Waals surface area contributed by atoms with Crippen LogP contribution in [0.5, 0.6) is 0 Å². The van der Waals surface area contributed by atoms with Gasteiger partial charge in [-0.1, -0.05) is 62.1 Å². The lowest BCUT2D eigenvalue weighted by Gasteiger charge is -2.13. The molecule has 2 N–H and O–H groups in total. The van der Waals surface area contributed by atoms with E-state index >= 15 is 0 Å². The SMILES string of the molecule is C=CC1=C(/C=C\C)CCC1.CC(C)(O)NC=O.CC(Cc1ccccc1)CC1CO1. The van der Waals surface area contributed by atoms with Gasteiger partial charge in [0.2, 0.25) is 6.41 Å². The number of aliphatic hydroxyl groups is 1. The van der Waals surface area contributed by atoms with Gasteiger partial charge in [-0.05, 0) is 75.5 Å². The molecule has 1 aromatic rings. The van der Waals surface area contributed by atoms with E-state index < -0.39 is 5.72 Å². The summed E-state index contributed by atoms with van der Waals surface area (Å²) in [7, 11) is 0. The monoisotopic (exact) mass is 413 g/mol. The van der Waals surface area contributed by atoms with E-state index in [1.807, 2.05) is 6.08 Å². The van der Waals surface area contributed by atoms with E-state index in [2.05, 4.69) is 68.2 Å². The fraction of sp³-hybridized carbons (Fsp3) is 0.500. The molecule has 0 bridgehead atoms. The average Bonchev–Trinajstić information content (AvgIpc) is 3.38. The number of ether oxygens (including phenoxy) is 1. The number of hydrogen-bond acceptors (Lipinski definition) is 3. The van der Waals surface area contributed by atoms with Crippen LogP contribution in [0.4, 0.5) is 0 Å². The highest BCUT2D eigenvalue weighted by atomic mass is 16.6. The second-order valence-electron chi connectivity index (χ2n) is 8.42. The quantitative estimate of drug-likeness (QED) is 0.343. The molecule has 4 nitrogen and oxygen atoms in total. The van der Waals surface area contributed by atoms with Crippen molar-refractivity contribution in [3.8, 4) is 0 Å². The molecular formula is C26H39NO3. The number of hydrogen-bond donors (Lipinski definition) is 2. The molecule has 0 spiro atoms. The Labute approximate surface area is 182 Å². The molecule has 1 aliphatic carbocycles.